The van der Waals surface area contributed by atoms with Gasteiger partial charge in [-0.2, -0.15) is 0 Å². The first kappa shape index (κ1) is 24.2. The van der Waals surface area contributed by atoms with Crippen LogP contribution in [0.4, 0.5) is 4.79 Å². The van der Waals surface area contributed by atoms with Gasteiger partial charge in [0.15, 0.2) is 0 Å². The number of aliphatic hydroxyl groups is 1. The Morgan fingerprint density at radius 3 is 2.40 bits per heavy atom. The van der Waals surface area contributed by atoms with E-state index in [1.807, 2.05) is 51.1 Å². The van der Waals surface area contributed by atoms with Crippen molar-refractivity contribution in [1.82, 2.24) is 10.2 Å². The molecule has 2 rings (SSSR count). The lowest BCUT2D eigenvalue weighted by molar-refractivity contribution is -0.132. The first-order chi connectivity index (χ1) is 14.0. The topological polar surface area (TPSA) is 88.1 Å². The van der Waals surface area contributed by atoms with E-state index < -0.39 is 29.8 Å². The van der Waals surface area contributed by atoms with Crippen LogP contribution < -0.4 is 5.32 Å². The summed E-state index contributed by atoms with van der Waals surface area (Å²) in [5.41, 5.74) is 0.159. The average molecular weight is 421 g/mol. The molecule has 0 unspecified atom stereocenters. The van der Waals surface area contributed by atoms with Gasteiger partial charge < -0.3 is 24.8 Å². The van der Waals surface area contributed by atoms with Crippen molar-refractivity contribution in [1.29, 1.82) is 0 Å². The van der Waals surface area contributed by atoms with E-state index in [1.54, 1.807) is 25.9 Å². The van der Waals surface area contributed by atoms with Gasteiger partial charge in [0.25, 0.3) is 0 Å². The summed E-state index contributed by atoms with van der Waals surface area (Å²) in [7, 11) is 1.56. The normalized spacial score (nSPS) is 20.9. The van der Waals surface area contributed by atoms with Crippen LogP contribution in [0.1, 0.15) is 59.1 Å². The molecule has 1 fully saturated rings. The first-order valence-electron chi connectivity index (χ1n) is 10.6. The number of carbonyl (C=O) groups excluding carboxylic acids is 2. The van der Waals surface area contributed by atoms with Crippen LogP contribution in [0.15, 0.2) is 30.3 Å². The quantitative estimate of drug-likeness (QED) is 0.707. The molecule has 5 atom stereocenters. The number of rotatable bonds is 7. The number of amides is 2. The highest BCUT2D eigenvalue weighted by atomic mass is 16.6. The van der Waals surface area contributed by atoms with Gasteiger partial charge in [-0.3, -0.25) is 4.79 Å². The molecule has 30 heavy (non-hydrogen) atoms. The summed E-state index contributed by atoms with van der Waals surface area (Å²) in [5, 5.41) is 13.4. The number of aliphatic hydroxyl groups excluding tert-OH is 1. The molecular weight excluding hydrogens is 384 g/mol. The molecule has 1 heterocycles. The first-order valence-corrected chi connectivity index (χ1v) is 10.6. The Kier molecular flexibility index (Phi) is 8.26. The highest BCUT2D eigenvalue weighted by Crippen LogP contribution is 2.28. The maximum atomic E-state index is 12.9. The fourth-order valence-electron chi connectivity index (χ4n) is 3.90. The van der Waals surface area contributed by atoms with E-state index in [4.69, 9.17) is 9.47 Å². The van der Waals surface area contributed by atoms with Gasteiger partial charge in [0.1, 0.15) is 5.60 Å². The van der Waals surface area contributed by atoms with E-state index >= 15 is 0 Å². The highest BCUT2D eigenvalue weighted by Gasteiger charge is 2.41. The third kappa shape index (κ3) is 6.19. The Bertz CT molecular complexity index is 703. The average Bonchev–Trinajstić information content (AvgIpc) is 3.16. The number of hydrogen-bond acceptors (Lipinski definition) is 5. The molecule has 1 aliphatic rings. The molecule has 2 N–H and O–H groups in total. The molecule has 7 heteroatoms. The van der Waals surface area contributed by atoms with Gasteiger partial charge in [0, 0.05) is 13.7 Å². The SMILES string of the molecule is CO[C@@H]([C@H](C)C(=O)N[C@H](C)[C@@H](O)c1ccccc1)[C@@H]1CCCN1C(=O)OC(C)(C)C. The number of ether oxygens (including phenoxy) is 2. The third-order valence-electron chi connectivity index (χ3n) is 5.47. The van der Waals surface area contributed by atoms with E-state index in [0.717, 1.165) is 18.4 Å². The number of nitrogens with zero attached hydrogens (tertiary/aromatic N) is 1. The van der Waals surface area contributed by atoms with E-state index in [9.17, 15) is 14.7 Å². The number of benzene rings is 1. The van der Waals surface area contributed by atoms with Crippen molar-refractivity contribution in [3.8, 4) is 0 Å². The summed E-state index contributed by atoms with van der Waals surface area (Å²) in [4.78, 5) is 27.2. The molecule has 1 aliphatic heterocycles. The molecule has 0 spiro atoms. The van der Waals surface area contributed by atoms with Crippen LogP contribution >= 0.6 is 0 Å². The summed E-state index contributed by atoms with van der Waals surface area (Å²) in [5.74, 6) is -0.728. The van der Waals surface area contributed by atoms with Crippen molar-refractivity contribution < 1.29 is 24.2 Å². The van der Waals surface area contributed by atoms with Crippen LogP contribution in [0.25, 0.3) is 0 Å². The summed E-state index contributed by atoms with van der Waals surface area (Å²) >= 11 is 0. The second-order valence-electron chi connectivity index (χ2n) is 9.03. The number of likely N-dealkylation sites (tertiary alicyclic amines) is 1. The molecule has 0 aliphatic carbocycles. The van der Waals surface area contributed by atoms with Gasteiger partial charge in [-0.25, -0.2) is 4.79 Å². The minimum atomic E-state index is -0.812. The van der Waals surface area contributed by atoms with Crippen LogP contribution in [0.2, 0.25) is 0 Å². The van der Waals surface area contributed by atoms with Gasteiger partial charge in [-0.15, -0.1) is 0 Å². The maximum absolute atomic E-state index is 12.9. The highest BCUT2D eigenvalue weighted by molar-refractivity contribution is 5.79. The van der Waals surface area contributed by atoms with Crippen LogP contribution in [-0.4, -0.2) is 59.5 Å². The van der Waals surface area contributed by atoms with Crippen molar-refractivity contribution in [2.24, 2.45) is 5.92 Å². The van der Waals surface area contributed by atoms with E-state index in [2.05, 4.69) is 5.32 Å². The summed E-state index contributed by atoms with van der Waals surface area (Å²) in [6, 6.07) is 8.52. The minimum absolute atomic E-state index is 0.222. The zero-order chi connectivity index (χ0) is 22.5. The number of carbonyl (C=O) groups is 2. The second kappa shape index (κ2) is 10.3. The molecular formula is C23H36N2O5. The molecule has 168 valence electrons. The Morgan fingerprint density at radius 2 is 1.83 bits per heavy atom. The molecule has 0 saturated carbocycles. The van der Waals surface area contributed by atoms with Crippen molar-refractivity contribution in [2.75, 3.05) is 13.7 Å². The smallest absolute Gasteiger partial charge is 0.410 e. The van der Waals surface area contributed by atoms with Crippen molar-refractivity contribution >= 4 is 12.0 Å². The van der Waals surface area contributed by atoms with Gasteiger partial charge >= 0.3 is 6.09 Å². The number of hydrogen-bond donors (Lipinski definition) is 2. The van der Waals surface area contributed by atoms with Gasteiger partial charge in [-0.05, 0) is 46.1 Å². The molecule has 0 radical (unpaired) electrons. The largest absolute Gasteiger partial charge is 0.444 e. The lowest BCUT2D eigenvalue weighted by atomic mass is 9.94. The van der Waals surface area contributed by atoms with Crippen molar-refractivity contribution in [2.45, 2.75) is 77.4 Å². The Balaban J connectivity index is 2.04. The fourth-order valence-corrected chi connectivity index (χ4v) is 3.90. The zero-order valence-electron chi connectivity index (χ0n) is 18.9. The molecule has 1 saturated heterocycles. The molecule has 7 nitrogen and oxygen atoms in total. The van der Waals surface area contributed by atoms with Crippen LogP contribution in [0.5, 0.6) is 0 Å². The van der Waals surface area contributed by atoms with Gasteiger partial charge in [-0.1, -0.05) is 37.3 Å². The van der Waals surface area contributed by atoms with Crippen molar-refractivity contribution in [3.63, 3.8) is 0 Å². The lowest BCUT2D eigenvalue weighted by Crippen LogP contribution is -2.51. The van der Waals surface area contributed by atoms with Crippen LogP contribution in [0.3, 0.4) is 0 Å². The van der Waals surface area contributed by atoms with E-state index in [1.165, 1.54) is 0 Å². The Morgan fingerprint density at radius 1 is 1.20 bits per heavy atom. The zero-order valence-corrected chi connectivity index (χ0v) is 18.9. The van der Waals surface area contributed by atoms with Gasteiger partial charge in [0.05, 0.1) is 30.2 Å². The van der Waals surface area contributed by atoms with Crippen LogP contribution in [-0.2, 0) is 14.3 Å². The molecule has 1 aromatic rings. The second-order valence-corrected chi connectivity index (χ2v) is 9.03. The summed E-state index contributed by atoms with van der Waals surface area (Å²) in [6.07, 6.45) is -0.0830. The predicted molar refractivity (Wildman–Crippen MR) is 115 cm³/mol. The summed E-state index contributed by atoms with van der Waals surface area (Å²) in [6.45, 7) is 9.64. The molecule has 0 aromatic heterocycles. The molecule has 2 amide bonds. The standard InChI is InChI=1S/C23H36N2O5/c1-15(21(27)24-16(2)19(26)17-11-8-7-9-12-17)20(29-6)18-13-10-14-25(18)22(28)30-23(3,4)5/h7-9,11-12,15-16,18-20,26H,10,13-14H2,1-6H3,(H,24,27)/t15-,16+,18-,19+,20-/m0/s1. The molecule has 1 aromatic carbocycles. The van der Waals surface area contributed by atoms with Gasteiger partial charge in [0.2, 0.25) is 5.91 Å². The minimum Gasteiger partial charge on any atom is -0.444 e. The van der Waals surface area contributed by atoms with Crippen molar-refractivity contribution in [3.05, 3.63) is 35.9 Å². The number of methoxy groups -OCH3 is 1. The Labute approximate surface area is 179 Å². The maximum Gasteiger partial charge on any atom is 0.410 e. The third-order valence-corrected chi connectivity index (χ3v) is 5.47. The Hall–Kier alpha value is -2.12. The van der Waals surface area contributed by atoms with Crippen LogP contribution in [0, 0.1) is 5.92 Å². The fraction of sp³-hybridized carbons (Fsp3) is 0.652. The monoisotopic (exact) mass is 420 g/mol. The molecule has 0 bridgehead atoms. The van der Waals surface area contributed by atoms with E-state index in [0.29, 0.717) is 6.54 Å². The summed E-state index contributed by atoms with van der Waals surface area (Å²) < 4.78 is 11.2. The van der Waals surface area contributed by atoms with E-state index in [-0.39, 0.29) is 18.0 Å². The lowest BCUT2D eigenvalue weighted by Gasteiger charge is -2.35. The number of nitrogens with one attached hydrogen (secondary N) is 1. The predicted octanol–water partition coefficient (Wildman–Crippen LogP) is 3.28.